The molecule has 0 spiro atoms. The SMILES string of the molecule is CC1=NNC(=O)[C@@H]1CCNC(=O)c1nc2ccccc2c(=O)[nH]1. The molecule has 0 unspecified atom stereocenters. The summed E-state index contributed by atoms with van der Waals surface area (Å²) in [5, 5.41) is 6.93. The van der Waals surface area contributed by atoms with Crippen molar-refractivity contribution in [3.8, 4) is 0 Å². The highest BCUT2D eigenvalue weighted by atomic mass is 16.2. The first-order valence-corrected chi connectivity index (χ1v) is 7.17. The van der Waals surface area contributed by atoms with E-state index in [1.165, 1.54) is 0 Å². The molecule has 0 saturated heterocycles. The number of hydrogen-bond acceptors (Lipinski definition) is 5. The fourth-order valence-corrected chi connectivity index (χ4v) is 2.44. The van der Waals surface area contributed by atoms with Gasteiger partial charge in [0.05, 0.1) is 16.8 Å². The normalized spacial score (nSPS) is 17.0. The van der Waals surface area contributed by atoms with Crippen LogP contribution < -0.4 is 16.3 Å². The van der Waals surface area contributed by atoms with Gasteiger partial charge in [-0.1, -0.05) is 12.1 Å². The summed E-state index contributed by atoms with van der Waals surface area (Å²) in [4.78, 5) is 42.2. The molecule has 23 heavy (non-hydrogen) atoms. The van der Waals surface area contributed by atoms with Gasteiger partial charge in [-0.2, -0.15) is 5.10 Å². The second-order valence-electron chi connectivity index (χ2n) is 5.26. The lowest BCUT2D eigenvalue weighted by Crippen LogP contribution is -2.32. The number of carbonyl (C=O) groups is 2. The van der Waals surface area contributed by atoms with E-state index in [4.69, 9.17) is 0 Å². The van der Waals surface area contributed by atoms with Crippen molar-refractivity contribution in [2.75, 3.05) is 6.54 Å². The minimum atomic E-state index is -0.485. The van der Waals surface area contributed by atoms with Gasteiger partial charge < -0.3 is 10.3 Å². The molecule has 1 atom stereocenters. The first-order chi connectivity index (χ1) is 11.1. The molecule has 2 aromatic rings. The van der Waals surface area contributed by atoms with Crippen molar-refractivity contribution in [3.63, 3.8) is 0 Å². The number of hydrazone groups is 1. The monoisotopic (exact) mass is 313 g/mol. The maximum Gasteiger partial charge on any atom is 0.287 e. The summed E-state index contributed by atoms with van der Waals surface area (Å²) in [6.45, 7) is 2.03. The van der Waals surface area contributed by atoms with E-state index < -0.39 is 5.91 Å². The Labute approximate surface area is 131 Å². The fourth-order valence-electron chi connectivity index (χ4n) is 2.44. The number of aromatic nitrogens is 2. The molecule has 8 heteroatoms. The molecule has 0 aliphatic carbocycles. The van der Waals surface area contributed by atoms with E-state index in [-0.39, 0.29) is 29.8 Å². The van der Waals surface area contributed by atoms with Crippen molar-refractivity contribution in [3.05, 3.63) is 40.4 Å². The Morgan fingerprint density at radius 1 is 1.30 bits per heavy atom. The first kappa shape index (κ1) is 14.9. The number of nitrogens with one attached hydrogen (secondary N) is 3. The molecule has 0 fully saturated rings. The molecule has 1 aliphatic rings. The van der Waals surface area contributed by atoms with E-state index in [1.54, 1.807) is 31.2 Å². The molecule has 118 valence electrons. The highest BCUT2D eigenvalue weighted by Gasteiger charge is 2.26. The van der Waals surface area contributed by atoms with Gasteiger partial charge in [0.15, 0.2) is 5.82 Å². The van der Waals surface area contributed by atoms with Gasteiger partial charge in [-0.15, -0.1) is 0 Å². The van der Waals surface area contributed by atoms with Gasteiger partial charge in [0, 0.05) is 12.3 Å². The quantitative estimate of drug-likeness (QED) is 0.745. The van der Waals surface area contributed by atoms with E-state index >= 15 is 0 Å². The van der Waals surface area contributed by atoms with E-state index in [1.807, 2.05) is 0 Å². The molecule has 1 aromatic heterocycles. The number of H-pyrrole nitrogens is 1. The molecular formula is C15H15N5O3. The summed E-state index contributed by atoms with van der Waals surface area (Å²) in [5.41, 5.74) is 3.18. The van der Waals surface area contributed by atoms with Gasteiger partial charge in [0.1, 0.15) is 0 Å². The standard InChI is InChI=1S/C15H15N5O3/c1-8-9(14(22)20-19-8)6-7-16-15(23)12-17-11-5-3-2-4-10(11)13(21)18-12/h2-5,9H,6-7H2,1H3,(H,16,23)(H,20,22)(H,17,18,21)/t9-/m1/s1. The van der Waals surface area contributed by atoms with Crippen molar-refractivity contribution in [1.29, 1.82) is 0 Å². The zero-order chi connectivity index (χ0) is 16.4. The third-order valence-electron chi connectivity index (χ3n) is 3.71. The number of amides is 2. The topological polar surface area (TPSA) is 116 Å². The predicted molar refractivity (Wildman–Crippen MR) is 84.1 cm³/mol. The highest BCUT2D eigenvalue weighted by molar-refractivity contribution is 6.06. The second-order valence-corrected chi connectivity index (χ2v) is 5.26. The molecule has 2 amide bonds. The summed E-state index contributed by atoms with van der Waals surface area (Å²) in [6, 6.07) is 6.79. The number of benzene rings is 1. The number of para-hydroxylation sites is 1. The molecule has 2 heterocycles. The molecular weight excluding hydrogens is 298 g/mol. The van der Waals surface area contributed by atoms with Crippen LogP contribution in [0.4, 0.5) is 0 Å². The summed E-state index contributed by atoms with van der Waals surface area (Å²) >= 11 is 0. The molecule has 3 rings (SSSR count). The minimum Gasteiger partial charge on any atom is -0.349 e. The van der Waals surface area contributed by atoms with Gasteiger partial charge in [-0.25, -0.2) is 10.4 Å². The summed E-state index contributed by atoms with van der Waals surface area (Å²) in [5.74, 6) is -1.04. The van der Waals surface area contributed by atoms with Crippen molar-refractivity contribution in [2.45, 2.75) is 13.3 Å². The highest BCUT2D eigenvalue weighted by Crippen LogP contribution is 2.10. The van der Waals surface area contributed by atoms with Crippen LogP contribution in [0.2, 0.25) is 0 Å². The van der Waals surface area contributed by atoms with E-state index in [9.17, 15) is 14.4 Å². The van der Waals surface area contributed by atoms with Crippen LogP contribution in [0.1, 0.15) is 24.0 Å². The number of carbonyl (C=O) groups excluding carboxylic acids is 2. The van der Waals surface area contributed by atoms with Gasteiger partial charge in [-0.05, 0) is 25.5 Å². The lowest BCUT2D eigenvalue weighted by Gasteiger charge is -2.09. The van der Waals surface area contributed by atoms with Crippen LogP contribution in [0.25, 0.3) is 10.9 Å². The molecule has 8 nitrogen and oxygen atoms in total. The van der Waals surface area contributed by atoms with Crippen LogP contribution in [0.5, 0.6) is 0 Å². The molecule has 3 N–H and O–H groups in total. The lowest BCUT2D eigenvalue weighted by atomic mass is 10.0. The largest absolute Gasteiger partial charge is 0.349 e. The fraction of sp³-hybridized carbons (Fsp3) is 0.267. The van der Waals surface area contributed by atoms with Crippen molar-refractivity contribution < 1.29 is 9.59 Å². The molecule has 0 saturated carbocycles. The van der Waals surface area contributed by atoms with Crippen LogP contribution in [0.15, 0.2) is 34.2 Å². The van der Waals surface area contributed by atoms with Crippen LogP contribution >= 0.6 is 0 Å². The first-order valence-electron chi connectivity index (χ1n) is 7.17. The Morgan fingerprint density at radius 3 is 2.83 bits per heavy atom. The maximum absolute atomic E-state index is 12.1. The Kier molecular flexibility index (Phi) is 3.88. The van der Waals surface area contributed by atoms with Crippen molar-refractivity contribution in [2.24, 2.45) is 11.0 Å². The number of hydrogen-bond donors (Lipinski definition) is 3. The van der Waals surface area contributed by atoms with E-state index in [0.29, 0.717) is 23.0 Å². The summed E-state index contributed by atoms with van der Waals surface area (Å²) in [6.07, 6.45) is 0.435. The van der Waals surface area contributed by atoms with Crippen LogP contribution in [0.3, 0.4) is 0 Å². The molecule has 1 aromatic carbocycles. The van der Waals surface area contributed by atoms with Gasteiger partial charge in [0.2, 0.25) is 5.91 Å². The lowest BCUT2D eigenvalue weighted by molar-refractivity contribution is -0.122. The number of aromatic amines is 1. The average Bonchev–Trinajstić information content (AvgIpc) is 2.86. The predicted octanol–water partition coefficient (Wildman–Crippen LogP) is 0.165. The van der Waals surface area contributed by atoms with Crippen molar-refractivity contribution in [1.82, 2.24) is 20.7 Å². The molecule has 1 aliphatic heterocycles. The second kappa shape index (κ2) is 5.99. The Morgan fingerprint density at radius 2 is 2.09 bits per heavy atom. The molecule has 0 bridgehead atoms. The Balaban J connectivity index is 1.68. The van der Waals surface area contributed by atoms with Crippen LogP contribution in [0, 0.1) is 5.92 Å². The number of fused-ring (bicyclic) bond motifs is 1. The third kappa shape index (κ3) is 2.96. The van der Waals surface area contributed by atoms with E-state index in [2.05, 4.69) is 25.8 Å². The molecule has 0 radical (unpaired) electrons. The number of rotatable bonds is 4. The smallest absolute Gasteiger partial charge is 0.287 e. The summed E-state index contributed by atoms with van der Waals surface area (Å²) in [7, 11) is 0. The zero-order valence-electron chi connectivity index (χ0n) is 12.4. The van der Waals surface area contributed by atoms with Gasteiger partial charge >= 0.3 is 0 Å². The van der Waals surface area contributed by atoms with Crippen LogP contribution in [-0.2, 0) is 4.79 Å². The maximum atomic E-state index is 12.1. The van der Waals surface area contributed by atoms with E-state index in [0.717, 1.165) is 0 Å². The third-order valence-corrected chi connectivity index (χ3v) is 3.71. The van der Waals surface area contributed by atoms with Crippen molar-refractivity contribution >= 4 is 28.4 Å². The van der Waals surface area contributed by atoms with Crippen LogP contribution in [-0.4, -0.2) is 34.0 Å². The number of nitrogens with zero attached hydrogens (tertiary/aromatic N) is 2. The Bertz CT molecular complexity index is 871. The average molecular weight is 313 g/mol. The van der Waals surface area contributed by atoms with Gasteiger partial charge in [0.25, 0.3) is 11.5 Å². The minimum absolute atomic E-state index is 0.0463. The summed E-state index contributed by atoms with van der Waals surface area (Å²) < 4.78 is 0. The Hall–Kier alpha value is -3.03. The van der Waals surface area contributed by atoms with Gasteiger partial charge in [-0.3, -0.25) is 14.4 Å². The zero-order valence-corrected chi connectivity index (χ0v) is 12.4.